The molecule has 0 bridgehead atoms. The largest absolute Gasteiger partial charge is 0.378 e. The molecule has 1 aromatic heterocycles. The molecule has 1 aliphatic rings. The quantitative estimate of drug-likeness (QED) is 0.762. The van der Waals surface area contributed by atoms with Crippen LogP contribution in [0.5, 0.6) is 0 Å². The molecule has 0 spiro atoms. The number of hydrogen-bond donors (Lipinski definition) is 1. The monoisotopic (exact) mass is 235 g/mol. The van der Waals surface area contributed by atoms with E-state index in [1.165, 1.54) is 6.42 Å². The van der Waals surface area contributed by atoms with Crippen molar-refractivity contribution >= 4 is 0 Å². The van der Waals surface area contributed by atoms with E-state index in [4.69, 9.17) is 4.74 Å². The van der Waals surface area contributed by atoms with Crippen molar-refractivity contribution in [2.45, 2.75) is 45.3 Å². The van der Waals surface area contributed by atoms with Crippen LogP contribution in [0.3, 0.4) is 0 Å². The van der Waals surface area contributed by atoms with Gasteiger partial charge in [0.2, 0.25) is 0 Å². The third-order valence-corrected chi connectivity index (χ3v) is 2.93. The molecule has 1 saturated heterocycles. The third-order valence-electron chi connectivity index (χ3n) is 2.93. The predicted molar refractivity (Wildman–Crippen MR) is 66.7 cm³/mol. The fourth-order valence-corrected chi connectivity index (χ4v) is 2.04. The van der Waals surface area contributed by atoms with Crippen molar-refractivity contribution in [1.82, 2.24) is 15.3 Å². The van der Waals surface area contributed by atoms with Gasteiger partial charge in [0.25, 0.3) is 0 Å². The molecule has 1 aromatic rings. The minimum atomic E-state index is 0.328. The first kappa shape index (κ1) is 12.5. The highest BCUT2D eigenvalue weighted by molar-refractivity contribution is 5.03. The van der Waals surface area contributed by atoms with E-state index in [2.05, 4.69) is 22.2 Å². The van der Waals surface area contributed by atoms with Crippen molar-refractivity contribution in [3.05, 3.63) is 23.8 Å². The van der Waals surface area contributed by atoms with Crippen molar-refractivity contribution in [1.29, 1.82) is 0 Å². The van der Waals surface area contributed by atoms with Gasteiger partial charge in [-0.3, -0.25) is 0 Å². The van der Waals surface area contributed by atoms with Gasteiger partial charge in [-0.1, -0.05) is 6.92 Å². The van der Waals surface area contributed by atoms with Crippen LogP contribution in [-0.4, -0.2) is 29.2 Å². The van der Waals surface area contributed by atoms with Crippen molar-refractivity contribution in [3.8, 4) is 0 Å². The van der Waals surface area contributed by atoms with Gasteiger partial charge in [0.15, 0.2) is 0 Å². The predicted octanol–water partition coefficient (Wildman–Crippen LogP) is 1.70. The molecule has 1 aliphatic heterocycles. The average molecular weight is 235 g/mol. The molecular weight excluding hydrogens is 214 g/mol. The fourth-order valence-electron chi connectivity index (χ4n) is 2.04. The maximum atomic E-state index is 5.60. The summed E-state index contributed by atoms with van der Waals surface area (Å²) in [4.78, 5) is 8.87. The molecule has 17 heavy (non-hydrogen) atoms. The summed E-state index contributed by atoms with van der Waals surface area (Å²) in [5.74, 6) is 0.910. The highest BCUT2D eigenvalue weighted by Gasteiger charge is 2.17. The number of rotatable bonds is 6. The van der Waals surface area contributed by atoms with Crippen LogP contribution < -0.4 is 5.32 Å². The topological polar surface area (TPSA) is 47.0 Å². The van der Waals surface area contributed by atoms with Crippen LogP contribution in [0.15, 0.2) is 12.3 Å². The van der Waals surface area contributed by atoms with Gasteiger partial charge in [-0.05, 0) is 31.9 Å². The first-order chi connectivity index (χ1) is 8.38. The van der Waals surface area contributed by atoms with Gasteiger partial charge in [0.1, 0.15) is 5.82 Å². The second-order valence-corrected chi connectivity index (χ2v) is 4.48. The molecule has 0 amide bonds. The first-order valence-corrected chi connectivity index (χ1v) is 6.51. The van der Waals surface area contributed by atoms with Gasteiger partial charge in [-0.25, -0.2) is 9.97 Å². The van der Waals surface area contributed by atoms with E-state index in [0.29, 0.717) is 6.10 Å². The number of hydrogen-bond acceptors (Lipinski definition) is 4. The van der Waals surface area contributed by atoms with E-state index < -0.39 is 0 Å². The Morgan fingerprint density at radius 2 is 2.47 bits per heavy atom. The van der Waals surface area contributed by atoms with Crippen LogP contribution in [-0.2, 0) is 17.7 Å². The minimum Gasteiger partial charge on any atom is -0.378 e. The van der Waals surface area contributed by atoms with Crippen molar-refractivity contribution in [3.63, 3.8) is 0 Å². The molecule has 1 atom stereocenters. The van der Waals surface area contributed by atoms with E-state index in [9.17, 15) is 0 Å². The SMILES string of the molecule is CCCNCc1ccnc(CC2CCCO2)n1. The summed E-state index contributed by atoms with van der Waals surface area (Å²) in [7, 11) is 0. The zero-order valence-corrected chi connectivity index (χ0v) is 10.5. The van der Waals surface area contributed by atoms with Crippen molar-refractivity contribution in [2.75, 3.05) is 13.2 Å². The lowest BCUT2D eigenvalue weighted by Gasteiger charge is -2.09. The zero-order valence-electron chi connectivity index (χ0n) is 10.5. The molecule has 2 rings (SSSR count). The Morgan fingerprint density at radius 3 is 3.24 bits per heavy atom. The molecule has 1 N–H and O–H groups in total. The smallest absolute Gasteiger partial charge is 0.131 e. The number of ether oxygens (including phenoxy) is 1. The molecule has 94 valence electrons. The lowest BCUT2D eigenvalue weighted by atomic mass is 10.2. The van der Waals surface area contributed by atoms with Crippen molar-refractivity contribution < 1.29 is 4.74 Å². The van der Waals surface area contributed by atoms with Crippen molar-refractivity contribution in [2.24, 2.45) is 0 Å². The molecule has 1 fully saturated rings. The summed E-state index contributed by atoms with van der Waals surface area (Å²) in [6.07, 6.45) is 6.48. The molecule has 1 unspecified atom stereocenters. The lowest BCUT2D eigenvalue weighted by molar-refractivity contribution is 0.110. The Bertz CT molecular complexity index is 337. The Balaban J connectivity index is 1.86. The van der Waals surface area contributed by atoms with Gasteiger partial charge in [-0.15, -0.1) is 0 Å². The number of nitrogens with one attached hydrogen (secondary N) is 1. The summed E-state index contributed by atoms with van der Waals surface area (Å²) in [6.45, 7) is 4.91. The van der Waals surface area contributed by atoms with E-state index >= 15 is 0 Å². The number of aromatic nitrogens is 2. The zero-order chi connectivity index (χ0) is 11.9. The maximum absolute atomic E-state index is 5.60. The first-order valence-electron chi connectivity index (χ1n) is 6.51. The molecular formula is C13H21N3O. The summed E-state index contributed by atoms with van der Waals surface area (Å²) in [5.41, 5.74) is 1.07. The Morgan fingerprint density at radius 1 is 1.53 bits per heavy atom. The summed E-state index contributed by atoms with van der Waals surface area (Å²) >= 11 is 0. The van der Waals surface area contributed by atoms with E-state index in [1.54, 1.807) is 0 Å². The Hall–Kier alpha value is -1.00. The highest BCUT2D eigenvalue weighted by atomic mass is 16.5. The summed E-state index contributed by atoms with van der Waals surface area (Å²) in [6, 6.07) is 1.97. The Kier molecular flexibility index (Phi) is 4.88. The van der Waals surface area contributed by atoms with E-state index in [-0.39, 0.29) is 0 Å². The van der Waals surface area contributed by atoms with Crippen LogP contribution in [0.4, 0.5) is 0 Å². The second-order valence-electron chi connectivity index (χ2n) is 4.48. The Labute approximate surface area is 103 Å². The fraction of sp³-hybridized carbons (Fsp3) is 0.692. The van der Waals surface area contributed by atoms with Gasteiger partial charge < -0.3 is 10.1 Å². The second kappa shape index (κ2) is 6.67. The van der Waals surface area contributed by atoms with Crippen LogP contribution >= 0.6 is 0 Å². The number of nitrogens with zero attached hydrogens (tertiary/aromatic N) is 2. The van der Waals surface area contributed by atoms with Gasteiger partial charge in [-0.2, -0.15) is 0 Å². The standard InChI is InChI=1S/C13H21N3O/c1-2-6-14-10-11-5-7-15-13(16-11)9-12-4-3-8-17-12/h5,7,12,14H,2-4,6,8-10H2,1H3. The van der Waals surface area contributed by atoms with E-state index in [1.807, 2.05) is 12.3 Å². The molecule has 0 aliphatic carbocycles. The minimum absolute atomic E-state index is 0.328. The molecule has 0 aromatic carbocycles. The van der Waals surface area contributed by atoms with Crippen LogP contribution in [0.1, 0.15) is 37.7 Å². The summed E-state index contributed by atoms with van der Waals surface area (Å²) < 4.78 is 5.60. The van der Waals surface area contributed by atoms with Gasteiger partial charge in [0.05, 0.1) is 11.8 Å². The summed E-state index contributed by atoms with van der Waals surface area (Å²) in [5, 5.41) is 3.35. The average Bonchev–Trinajstić information content (AvgIpc) is 2.83. The third kappa shape index (κ3) is 4.06. The van der Waals surface area contributed by atoms with Gasteiger partial charge in [0, 0.05) is 25.8 Å². The van der Waals surface area contributed by atoms with Gasteiger partial charge >= 0.3 is 0 Å². The van der Waals surface area contributed by atoms with Crippen LogP contribution in [0, 0.1) is 0 Å². The van der Waals surface area contributed by atoms with E-state index in [0.717, 1.165) is 50.5 Å². The molecule has 2 heterocycles. The molecule has 4 heteroatoms. The van der Waals surface area contributed by atoms with Crippen LogP contribution in [0.25, 0.3) is 0 Å². The molecule has 0 radical (unpaired) electrons. The maximum Gasteiger partial charge on any atom is 0.131 e. The van der Waals surface area contributed by atoms with Crippen LogP contribution in [0.2, 0.25) is 0 Å². The molecule has 4 nitrogen and oxygen atoms in total. The lowest BCUT2D eigenvalue weighted by Crippen LogP contribution is -2.17. The normalized spacial score (nSPS) is 19.7. The highest BCUT2D eigenvalue weighted by Crippen LogP contribution is 2.15. The molecule has 0 saturated carbocycles.